The molecule has 1 fully saturated rings. The summed E-state index contributed by atoms with van der Waals surface area (Å²) in [6, 6.07) is 0.441. The Balaban J connectivity index is 1.89. The van der Waals surface area contributed by atoms with E-state index in [1.807, 2.05) is 0 Å². The molecule has 0 spiro atoms. The smallest absolute Gasteiger partial charge is 0.228 e. The number of nitrogens with zero attached hydrogens (tertiary/aromatic N) is 2. The summed E-state index contributed by atoms with van der Waals surface area (Å²) in [6.07, 6.45) is 6.47. The number of hydrogen-bond acceptors (Lipinski definition) is 5. The second-order valence-electron chi connectivity index (χ2n) is 5.60. The molecule has 5 heteroatoms. The van der Waals surface area contributed by atoms with Gasteiger partial charge in [0.2, 0.25) is 5.89 Å². The lowest BCUT2D eigenvalue weighted by molar-refractivity contribution is 0.0773. The molecule has 0 aromatic carbocycles. The molecular weight excluding hydrogens is 254 g/mol. The van der Waals surface area contributed by atoms with Gasteiger partial charge in [0.05, 0.1) is 6.61 Å². The fourth-order valence-corrected chi connectivity index (χ4v) is 2.65. The highest BCUT2D eigenvalue weighted by molar-refractivity contribution is 4.97. The van der Waals surface area contributed by atoms with Crippen LogP contribution in [0.4, 0.5) is 0 Å². The molecule has 2 heterocycles. The van der Waals surface area contributed by atoms with Gasteiger partial charge >= 0.3 is 0 Å². The van der Waals surface area contributed by atoms with E-state index in [9.17, 15) is 0 Å². The van der Waals surface area contributed by atoms with Gasteiger partial charge in [-0.3, -0.25) is 0 Å². The molecule has 2 atom stereocenters. The topological polar surface area (TPSA) is 60.2 Å². The normalized spacial score (nSPS) is 21.0. The molecule has 0 saturated carbocycles. The standard InChI is InChI=1S/C15H27N3O2/c1-3-6-13(16-8-4-2)10-14-17-15(18-20-14)12-7-5-9-19-11-12/h12-13,16H,3-11H2,1-2H3. The van der Waals surface area contributed by atoms with E-state index in [4.69, 9.17) is 9.26 Å². The predicted octanol–water partition coefficient (Wildman–Crippen LogP) is 2.67. The lowest BCUT2D eigenvalue weighted by Crippen LogP contribution is -2.31. The number of aromatic nitrogens is 2. The first kappa shape index (κ1) is 15.4. The van der Waals surface area contributed by atoms with E-state index >= 15 is 0 Å². The van der Waals surface area contributed by atoms with Crippen molar-refractivity contribution in [1.82, 2.24) is 15.5 Å². The summed E-state index contributed by atoms with van der Waals surface area (Å²) in [7, 11) is 0. The maximum atomic E-state index is 5.48. The van der Waals surface area contributed by atoms with Crippen molar-refractivity contribution in [3.05, 3.63) is 11.7 Å². The number of nitrogens with one attached hydrogen (secondary N) is 1. The van der Waals surface area contributed by atoms with Crippen LogP contribution in [0.2, 0.25) is 0 Å². The molecule has 0 amide bonds. The molecule has 1 aliphatic heterocycles. The van der Waals surface area contributed by atoms with Crippen molar-refractivity contribution >= 4 is 0 Å². The van der Waals surface area contributed by atoms with Crippen LogP contribution in [0, 0.1) is 0 Å². The first-order chi connectivity index (χ1) is 9.83. The van der Waals surface area contributed by atoms with Crippen molar-refractivity contribution in [2.75, 3.05) is 19.8 Å². The molecule has 1 aliphatic rings. The minimum Gasteiger partial charge on any atom is -0.381 e. The van der Waals surface area contributed by atoms with Crippen molar-refractivity contribution in [2.24, 2.45) is 0 Å². The SMILES string of the molecule is CCCNC(CCC)Cc1nc(C2CCCOC2)no1. The van der Waals surface area contributed by atoms with Crippen LogP contribution in [0.15, 0.2) is 4.52 Å². The molecule has 5 nitrogen and oxygen atoms in total. The van der Waals surface area contributed by atoms with Crippen LogP contribution in [0.25, 0.3) is 0 Å². The zero-order valence-electron chi connectivity index (χ0n) is 12.7. The Hall–Kier alpha value is -0.940. The van der Waals surface area contributed by atoms with Crippen LogP contribution in [-0.2, 0) is 11.2 Å². The average molecular weight is 281 g/mol. The van der Waals surface area contributed by atoms with E-state index in [0.29, 0.717) is 12.0 Å². The van der Waals surface area contributed by atoms with Gasteiger partial charge in [-0.05, 0) is 32.2 Å². The fraction of sp³-hybridized carbons (Fsp3) is 0.867. The quantitative estimate of drug-likeness (QED) is 0.794. The van der Waals surface area contributed by atoms with E-state index in [-0.39, 0.29) is 0 Å². The molecular formula is C15H27N3O2. The third-order valence-electron chi connectivity index (χ3n) is 3.75. The Morgan fingerprint density at radius 1 is 1.35 bits per heavy atom. The van der Waals surface area contributed by atoms with Crippen LogP contribution in [-0.4, -0.2) is 35.9 Å². The minimum absolute atomic E-state index is 0.314. The Kier molecular flexibility index (Phi) is 6.47. The van der Waals surface area contributed by atoms with Crippen LogP contribution in [0.1, 0.15) is 63.6 Å². The molecule has 0 radical (unpaired) electrons. The Bertz CT molecular complexity index is 375. The summed E-state index contributed by atoms with van der Waals surface area (Å²) < 4.78 is 10.9. The van der Waals surface area contributed by atoms with Gasteiger partial charge in [0.15, 0.2) is 5.82 Å². The Morgan fingerprint density at radius 3 is 2.95 bits per heavy atom. The van der Waals surface area contributed by atoms with E-state index < -0.39 is 0 Å². The highest BCUT2D eigenvalue weighted by Gasteiger charge is 2.22. The predicted molar refractivity (Wildman–Crippen MR) is 77.8 cm³/mol. The lowest BCUT2D eigenvalue weighted by atomic mass is 10.0. The lowest BCUT2D eigenvalue weighted by Gasteiger charge is -2.18. The van der Waals surface area contributed by atoms with Crippen molar-refractivity contribution in [2.45, 2.75) is 64.3 Å². The molecule has 0 bridgehead atoms. The molecule has 114 valence electrons. The van der Waals surface area contributed by atoms with Crippen molar-refractivity contribution in [3.63, 3.8) is 0 Å². The zero-order valence-corrected chi connectivity index (χ0v) is 12.7. The summed E-state index contributed by atoms with van der Waals surface area (Å²) in [5.74, 6) is 1.90. The number of rotatable bonds is 8. The van der Waals surface area contributed by atoms with Crippen molar-refractivity contribution in [3.8, 4) is 0 Å². The van der Waals surface area contributed by atoms with E-state index in [1.54, 1.807) is 0 Å². The monoisotopic (exact) mass is 281 g/mol. The third kappa shape index (κ3) is 4.56. The van der Waals surface area contributed by atoms with Crippen molar-refractivity contribution < 1.29 is 9.26 Å². The molecule has 1 aromatic heterocycles. The van der Waals surface area contributed by atoms with Crippen LogP contribution in [0.3, 0.4) is 0 Å². The van der Waals surface area contributed by atoms with E-state index in [2.05, 4.69) is 29.3 Å². The van der Waals surface area contributed by atoms with Crippen LogP contribution >= 0.6 is 0 Å². The van der Waals surface area contributed by atoms with Gasteiger partial charge in [-0.2, -0.15) is 4.98 Å². The fourth-order valence-electron chi connectivity index (χ4n) is 2.65. The second kappa shape index (κ2) is 8.37. The van der Waals surface area contributed by atoms with Gasteiger partial charge in [-0.15, -0.1) is 0 Å². The van der Waals surface area contributed by atoms with Gasteiger partial charge in [0, 0.05) is 25.0 Å². The maximum absolute atomic E-state index is 5.48. The Morgan fingerprint density at radius 2 is 2.25 bits per heavy atom. The molecule has 1 N–H and O–H groups in total. The van der Waals surface area contributed by atoms with E-state index in [1.165, 1.54) is 6.42 Å². The van der Waals surface area contributed by atoms with Crippen LogP contribution < -0.4 is 5.32 Å². The summed E-state index contributed by atoms with van der Waals surface area (Å²) in [5.41, 5.74) is 0. The van der Waals surface area contributed by atoms with E-state index in [0.717, 1.165) is 63.6 Å². The maximum Gasteiger partial charge on any atom is 0.228 e. The summed E-state index contributed by atoms with van der Waals surface area (Å²) in [6.45, 7) is 7.03. The molecule has 2 unspecified atom stereocenters. The Labute approximate surface area is 121 Å². The highest BCUT2D eigenvalue weighted by Crippen LogP contribution is 2.23. The minimum atomic E-state index is 0.314. The van der Waals surface area contributed by atoms with Crippen molar-refractivity contribution in [1.29, 1.82) is 0 Å². The van der Waals surface area contributed by atoms with Crippen LogP contribution in [0.5, 0.6) is 0 Å². The summed E-state index contributed by atoms with van der Waals surface area (Å²) in [5, 5.41) is 7.69. The third-order valence-corrected chi connectivity index (χ3v) is 3.75. The molecule has 20 heavy (non-hydrogen) atoms. The molecule has 1 saturated heterocycles. The molecule has 0 aliphatic carbocycles. The number of ether oxygens (including phenoxy) is 1. The first-order valence-electron chi connectivity index (χ1n) is 7.97. The van der Waals surface area contributed by atoms with Gasteiger partial charge in [0.1, 0.15) is 0 Å². The zero-order chi connectivity index (χ0) is 14.2. The molecule has 1 aromatic rings. The average Bonchev–Trinajstić information content (AvgIpc) is 2.94. The van der Waals surface area contributed by atoms with Gasteiger partial charge in [-0.1, -0.05) is 25.4 Å². The summed E-state index contributed by atoms with van der Waals surface area (Å²) >= 11 is 0. The first-order valence-corrected chi connectivity index (χ1v) is 7.97. The summed E-state index contributed by atoms with van der Waals surface area (Å²) in [4.78, 5) is 4.57. The largest absolute Gasteiger partial charge is 0.381 e. The van der Waals surface area contributed by atoms with Gasteiger partial charge in [0.25, 0.3) is 0 Å². The second-order valence-corrected chi connectivity index (χ2v) is 5.60. The molecule has 2 rings (SSSR count). The highest BCUT2D eigenvalue weighted by atomic mass is 16.5. The number of hydrogen-bond donors (Lipinski definition) is 1. The van der Waals surface area contributed by atoms with Gasteiger partial charge in [-0.25, -0.2) is 0 Å². The van der Waals surface area contributed by atoms with Gasteiger partial charge < -0.3 is 14.6 Å².